The van der Waals surface area contributed by atoms with Gasteiger partial charge in [-0.05, 0) is 29.8 Å². The minimum atomic E-state index is -0.643. The zero-order chi connectivity index (χ0) is 16.6. The minimum absolute atomic E-state index is 0.0651. The molecule has 0 saturated heterocycles. The number of rotatable bonds is 3. The third kappa shape index (κ3) is 2.82. The Kier molecular flexibility index (Phi) is 3.41. The van der Waals surface area contributed by atoms with E-state index in [0.717, 1.165) is 11.6 Å². The van der Waals surface area contributed by atoms with E-state index < -0.39 is 16.6 Å². The van der Waals surface area contributed by atoms with Crippen LogP contribution in [0.4, 0.5) is 17.1 Å². The number of nitro benzene ring substituents is 1. The Morgan fingerprint density at radius 3 is 2.74 bits per heavy atom. The van der Waals surface area contributed by atoms with E-state index in [1.807, 2.05) is 0 Å². The van der Waals surface area contributed by atoms with Gasteiger partial charge in [-0.2, -0.15) is 0 Å². The molecule has 1 aliphatic heterocycles. The Morgan fingerprint density at radius 1 is 1.26 bits per heavy atom. The molecule has 3 N–H and O–H groups in total. The first kappa shape index (κ1) is 14.5. The molecule has 0 atom stereocenters. The highest BCUT2D eigenvalue weighted by Gasteiger charge is 2.20. The number of nitrogens with one attached hydrogen (secondary N) is 2. The normalized spacial score (nSPS) is 12.4. The van der Waals surface area contributed by atoms with Gasteiger partial charge in [0.1, 0.15) is 5.75 Å². The molecule has 2 aromatic rings. The van der Waals surface area contributed by atoms with Gasteiger partial charge in [0.05, 0.1) is 23.1 Å². The SMILES string of the molecule is O=C1Cc2cc(C(=O)Nc3ccc([N+](=O)[O-])cc3O)ccc2N1. The molecule has 8 heteroatoms. The number of phenols is 1. The van der Waals surface area contributed by atoms with Crippen LogP contribution in [0, 0.1) is 10.1 Å². The third-order valence-electron chi connectivity index (χ3n) is 3.43. The first-order valence-corrected chi connectivity index (χ1v) is 6.65. The lowest BCUT2D eigenvalue weighted by Crippen LogP contribution is -2.12. The summed E-state index contributed by atoms with van der Waals surface area (Å²) in [5.41, 5.74) is 1.50. The Bertz CT molecular complexity index is 847. The van der Waals surface area contributed by atoms with Crippen molar-refractivity contribution in [3.8, 4) is 5.75 Å². The number of nitrogens with zero attached hydrogens (tertiary/aromatic N) is 1. The summed E-state index contributed by atoms with van der Waals surface area (Å²) in [4.78, 5) is 33.5. The maximum absolute atomic E-state index is 12.2. The number of amides is 2. The smallest absolute Gasteiger partial charge is 0.273 e. The molecule has 3 rings (SSSR count). The first-order chi connectivity index (χ1) is 10.9. The number of anilines is 2. The molecular formula is C15H11N3O5. The molecule has 8 nitrogen and oxygen atoms in total. The summed E-state index contributed by atoms with van der Waals surface area (Å²) in [6, 6.07) is 8.16. The van der Waals surface area contributed by atoms with E-state index in [1.54, 1.807) is 18.2 Å². The van der Waals surface area contributed by atoms with Crippen molar-refractivity contribution in [2.45, 2.75) is 6.42 Å². The number of carbonyl (C=O) groups excluding carboxylic acids is 2. The zero-order valence-electron chi connectivity index (χ0n) is 11.7. The molecular weight excluding hydrogens is 302 g/mol. The van der Waals surface area contributed by atoms with Gasteiger partial charge >= 0.3 is 0 Å². The van der Waals surface area contributed by atoms with Crippen LogP contribution in [0.3, 0.4) is 0 Å². The van der Waals surface area contributed by atoms with Crippen molar-refractivity contribution in [3.63, 3.8) is 0 Å². The van der Waals surface area contributed by atoms with Crippen LogP contribution in [0.2, 0.25) is 0 Å². The topological polar surface area (TPSA) is 122 Å². The molecule has 1 aliphatic rings. The maximum Gasteiger partial charge on any atom is 0.273 e. The average molecular weight is 313 g/mol. The van der Waals surface area contributed by atoms with Crippen molar-refractivity contribution in [1.29, 1.82) is 0 Å². The number of benzene rings is 2. The summed E-state index contributed by atoms with van der Waals surface area (Å²) in [7, 11) is 0. The number of hydrogen-bond donors (Lipinski definition) is 3. The Hall–Kier alpha value is -3.42. The van der Waals surface area contributed by atoms with Crippen LogP contribution in [0.5, 0.6) is 5.75 Å². The third-order valence-corrected chi connectivity index (χ3v) is 3.43. The van der Waals surface area contributed by atoms with E-state index in [1.165, 1.54) is 12.1 Å². The zero-order valence-corrected chi connectivity index (χ0v) is 11.7. The summed E-state index contributed by atoms with van der Waals surface area (Å²) >= 11 is 0. The molecule has 0 saturated carbocycles. The number of hydrogen-bond acceptors (Lipinski definition) is 5. The Balaban J connectivity index is 1.81. The largest absolute Gasteiger partial charge is 0.506 e. The second kappa shape index (κ2) is 5.41. The van der Waals surface area contributed by atoms with Gasteiger partial charge in [0.15, 0.2) is 0 Å². The van der Waals surface area contributed by atoms with E-state index in [9.17, 15) is 24.8 Å². The molecule has 0 bridgehead atoms. The van der Waals surface area contributed by atoms with Crippen molar-refractivity contribution in [2.24, 2.45) is 0 Å². The van der Waals surface area contributed by atoms with Gasteiger partial charge in [0.2, 0.25) is 5.91 Å². The van der Waals surface area contributed by atoms with Crippen LogP contribution < -0.4 is 10.6 Å². The van der Waals surface area contributed by atoms with Crippen molar-refractivity contribution in [3.05, 3.63) is 57.6 Å². The van der Waals surface area contributed by atoms with Gasteiger partial charge in [-0.3, -0.25) is 19.7 Å². The monoisotopic (exact) mass is 313 g/mol. The molecule has 0 aliphatic carbocycles. The van der Waals surface area contributed by atoms with Gasteiger partial charge in [-0.25, -0.2) is 0 Å². The van der Waals surface area contributed by atoms with E-state index in [2.05, 4.69) is 10.6 Å². The molecule has 0 aromatic heterocycles. The number of aromatic hydroxyl groups is 1. The highest BCUT2D eigenvalue weighted by molar-refractivity contribution is 6.07. The van der Waals surface area contributed by atoms with Crippen LogP contribution in [0.25, 0.3) is 0 Å². The fourth-order valence-electron chi connectivity index (χ4n) is 2.30. The highest BCUT2D eigenvalue weighted by atomic mass is 16.6. The highest BCUT2D eigenvalue weighted by Crippen LogP contribution is 2.29. The predicted molar refractivity (Wildman–Crippen MR) is 81.5 cm³/mol. The quantitative estimate of drug-likeness (QED) is 0.455. The van der Waals surface area contributed by atoms with Crippen LogP contribution >= 0.6 is 0 Å². The first-order valence-electron chi connectivity index (χ1n) is 6.65. The summed E-state index contributed by atoms with van der Waals surface area (Å²) in [5, 5.41) is 25.5. The number of non-ortho nitro benzene ring substituents is 1. The fourth-order valence-corrected chi connectivity index (χ4v) is 2.30. The molecule has 0 unspecified atom stereocenters. The van der Waals surface area contributed by atoms with Crippen molar-refractivity contribution >= 4 is 28.9 Å². The molecule has 0 spiro atoms. The molecule has 23 heavy (non-hydrogen) atoms. The lowest BCUT2D eigenvalue weighted by molar-refractivity contribution is -0.384. The van der Waals surface area contributed by atoms with E-state index in [-0.39, 0.29) is 23.7 Å². The van der Waals surface area contributed by atoms with Gasteiger partial charge in [-0.1, -0.05) is 0 Å². The lowest BCUT2D eigenvalue weighted by Gasteiger charge is -2.08. The van der Waals surface area contributed by atoms with Gasteiger partial charge in [0, 0.05) is 17.3 Å². The fraction of sp³-hybridized carbons (Fsp3) is 0.0667. The van der Waals surface area contributed by atoms with E-state index in [0.29, 0.717) is 11.3 Å². The molecule has 116 valence electrons. The van der Waals surface area contributed by atoms with Crippen LogP contribution in [-0.2, 0) is 11.2 Å². The number of carbonyl (C=O) groups is 2. The lowest BCUT2D eigenvalue weighted by atomic mass is 10.1. The number of phenolic OH excluding ortho intramolecular Hbond substituents is 1. The molecule has 2 amide bonds. The molecule has 0 fully saturated rings. The predicted octanol–water partition coefficient (Wildman–Crippen LogP) is 2.05. The molecule has 1 heterocycles. The van der Waals surface area contributed by atoms with Crippen molar-refractivity contribution < 1.29 is 19.6 Å². The summed E-state index contributed by atoms with van der Waals surface area (Å²) < 4.78 is 0. The van der Waals surface area contributed by atoms with Gasteiger partial charge in [0.25, 0.3) is 11.6 Å². The van der Waals surface area contributed by atoms with Crippen molar-refractivity contribution in [1.82, 2.24) is 0 Å². The van der Waals surface area contributed by atoms with E-state index in [4.69, 9.17) is 0 Å². The van der Waals surface area contributed by atoms with E-state index >= 15 is 0 Å². The second-order valence-corrected chi connectivity index (χ2v) is 5.01. The van der Waals surface area contributed by atoms with Crippen molar-refractivity contribution in [2.75, 3.05) is 10.6 Å². The Morgan fingerprint density at radius 2 is 2.04 bits per heavy atom. The standard InChI is InChI=1S/C15H11N3O5/c19-13-7-10(18(22)23)2-4-12(13)17-15(21)8-1-3-11-9(5-8)6-14(20)16-11/h1-5,7,19H,6H2,(H,16,20)(H,17,21). The summed E-state index contributed by atoms with van der Waals surface area (Å²) in [6.07, 6.45) is 0.208. The van der Waals surface area contributed by atoms with Crippen LogP contribution in [0.15, 0.2) is 36.4 Å². The Labute approximate surface area is 129 Å². The average Bonchev–Trinajstić information content (AvgIpc) is 2.88. The van der Waals surface area contributed by atoms with Gasteiger partial charge in [-0.15, -0.1) is 0 Å². The van der Waals surface area contributed by atoms with Crippen LogP contribution in [0.1, 0.15) is 15.9 Å². The molecule has 2 aromatic carbocycles. The van der Waals surface area contributed by atoms with Crippen LogP contribution in [-0.4, -0.2) is 21.8 Å². The van der Waals surface area contributed by atoms with Gasteiger partial charge < -0.3 is 15.7 Å². The minimum Gasteiger partial charge on any atom is -0.506 e. The maximum atomic E-state index is 12.2. The number of fused-ring (bicyclic) bond motifs is 1. The molecule has 0 radical (unpaired) electrons. The number of nitro groups is 1. The summed E-state index contributed by atoms with van der Waals surface area (Å²) in [5.74, 6) is -1.02. The summed E-state index contributed by atoms with van der Waals surface area (Å²) in [6.45, 7) is 0. The second-order valence-electron chi connectivity index (χ2n) is 5.01.